The maximum absolute atomic E-state index is 12.3. The summed E-state index contributed by atoms with van der Waals surface area (Å²) in [5.41, 5.74) is 0. The Labute approximate surface area is 152 Å². The van der Waals surface area contributed by atoms with Gasteiger partial charge in [0.1, 0.15) is 0 Å². The standard InChI is InChI=1S/C17H33N3O3.ClH/c1-5-7-13(3)18-17(23)14(4)20-10-8-15(9-11-20)19(6-2)12-16(21)22;/h13-15H,5-12H2,1-4H3,(H,18,23)(H,21,22);1H. The molecule has 2 unspecified atom stereocenters. The summed E-state index contributed by atoms with van der Waals surface area (Å²) in [6.07, 6.45) is 3.91. The number of likely N-dealkylation sites (tertiary alicyclic amines) is 1. The van der Waals surface area contributed by atoms with Crippen molar-refractivity contribution < 1.29 is 14.7 Å². The van der Waals surface area contributed by atoms with Crippen molar-refractivity contribution in [2.45, 2.75) is 71.5 Å². The second-order valence-electron chi connectivity index (χ2n) is 6.60. The Morgan fingerprint density at radius 3 is 2.29 bits per heavy atom. The molecule has 0 aliphatic carbocycles. The number of rotatable bonds is 9. The van der Waals surface area contributed by atoms with Crippen LogP contribution in [0.5, 0.6) is 0 Å². The lowest BCUT2D eigenvalue weighted by molar-refractivity contribution is -0.139. The maximum atomic E-state index is 12.3. The van der Waals surface area contributed by atoms with E-state index in [0.717, 1.165) is 45.3 Å². The fraction of sp³-hybridized carbons (Fsp3) is 0.882. The quantitative estimate of drug-likeness (QED) is 0.655. The van der Waals surface area contributed by atoms with Gasteiger partial charge in [-0.05, 0) is 39.7 Å². The SMILES string of the molecule is CCCC(C)NC(=O)C(C)N1CCC(N(CC)CC(=O)O)CC1.Cl. The zero-order valence-corrected chi connectivity index (χ0v) is 16.3. The number of halogens is 1. The molecular weight excluding hydrogens is 330 g/mol. The van der Waals surface area contributed by atoms with Gasteiger partial charge in [-0.1, -0.05) is 20.3 Å². The first-order chi connectivity index (χ1) is 10.9. The summed E-state index contributed by atoms with van der Waals surface area (Å²) >= 11 is 0. The van der Waals surface area contributed by atoms with Gasteiger partial charge in [-0.15, -0.1) is 12.4 Å². The van der Waals surface area contributed by atoms with Crippen molar-refractivity contribution in [3.63, 3.8) is 0 Å². The van der Waals surface area contributed by atoms with Crippen LogP contribution < -0.4 is 5.32 Å². The Bertz CT molecular complexity index is 387. The van der Waals surface area contributed by atoms with Gasteiger partial charge in [0.05, 0.1) is 12.6 Å². The second kappa shape index (κ2) is 11.7. The minimum atomic E-state index is -0.771. The molecule has 7 heteroatoms. The number of carboxylic acids is 1. The van der Waals surface area contributed by atoms with E-state index in [1.54, 1.807) is 0 Å². The predicted molar refractivity (Wildman–Crippen MR) is 98.7 cm³/mol. The highest BCUT2D eigenvalue weighted by Crippen LogP contribution is 2.18. The zero-order valence-electron chi connectivity index (χ0n) is 15.5. The van der Waals surface area contributed by atoms with E-state index in [4.69, 9.17) is 5.11 Å². The minimum Gasteiger partial charge on any atom is -0.480 e. The molecule has 2 N–H and O–H groups in total. The maximum Gasteiger partial charge on any atom is 0.317 e. The number of carbonyl (C=O) groups is 2. The van der Waals surface area contributed by atoms with Crippen LogP contribution in [0.2, 0.25) is 0 Å². The molecule has 0 bridgehead atoms. The van der Waals surface area contributed by atoms with E-state index in [2.05, 4.69) is 17.1 Å². The third kappa shape index (κ3) is 7.36. The highest BCUT2D eigenvalue weighted by atomic mass is 35.5. The molecule has 2 atom stereocenters. The molecule has 1 rings (SSSR count). The van der Waals surface area contributed by atoms with Crippen molar-refractivity contribution >= 4 is 24.3 Å². The molecule has 6 nitrogen and oxygen atoms in total. The van der Waals surface area contributed by atoms with E-state index >= 15 is 0 Å². The fourth-order valence-electron chi connectivity index (χ4n) is 3.35. The summed E-state index contributed by atoms with van der Waals surface area (Å²) in [4.78, 5) is 27.5. The van der Waals surface area contributed by atoms with Crippen molar-refractivity contribution in [1.29, 1.82) is 0 Å². The molecule has 24 heavy (non-hydrogen) atoms. The van der Waals surface area contributed by atoms with Gasteiger partial charge in [0.25, 0.3) is 0 Å². The number of hydrogen-bond donors (Lipinski definition) is 2. The van der Waals surface area contributed by atoms with Crippen LogP contribution in [0.4, 0.5) is 0 Å². The number of nitrogens with one attached hydrogen (secondary N) is 1. The summed E-state index contributed by atoms with van der Waals surface area (Å²) in [5.74, 6) is -0.672. The summed E-state index contributed by atoms with van der Waals surface area (Å²) in [5, 5.41) is 12.1. The van der Waals surface area contributed by atoms with Gasteiger partial charge in [0.15, 0.2) is 0 Å². The predicted octanol–water partition coefficient (Wildman–Crippen LogP) is 1.97. The smallest absolute Gasteiger partial charge is 0.317 e. The van der Waals surface area contributed by atoms with Crippen LogP contribution in [-0.4, -0.2) is 71.1 Å². The molecule has 1 aliphatic heterocycles. The van der Waals surface area contributed by atoms with Crippen LogP contribution in [0.15, 0.2) is 0 Å². The van der Waals surface area contributed by atoms with Gasteiger partial charge in [-0.2, -0.15) is 0 Å². The van der Waals surface area contributed by atoms with E-state index in [1.165, 1.54) is 0 Å². The first-order valence-corrected chi connectivity index (χ1v) is 8.89. The lowest BCUT2D eigenvalue weighted by atomic mass is 10.0. The summed E-state index contributed by atoms with van der Waals surface area (Å²) in [7, 11) is 0. The van der Waals surface area contributed by atoms with Crippen LogP contribution in [0.3, 0.4) is 0 Å². The average molecular weight is 364 g/mol. The van der Waals surface area contributed by atoms with E-state index in [9.17, 15) is 9.59 Å². The molecule has 142 valence electrons. The number of aliphatic carboxylic acids is 1. The van der Waals surface area contributed by atoms with Crippen LogP contribution in [0.1, 0.15) is 53.4 Å². The third-order valence-corrected chi connectivity index (χ3v) is 4.80. The monoisotopic (exact) mass is 363 g/mol. The Kier molecular flexibility index (Phi) is 11.2. The van der Waals surface area contributed by atoms with Crippen LogP contribution >= 0.6 is 12.4 Å². The normalized spacial score (nSPS) is 18.7. The molecular formula is C17H34ClN3O3. The molecule has 0 aromatic rings. The van der Waals surface area contributed by atoms with Gasteiger partial charge in [-0.3, -0.25) is 19.4 Å². The molecule has 1 amide bonds. The average Bonchev–Trinajstić information content (AvgIpc) is 2.52. The van der Waals surface area contributed by atoms with Crippen LogP contribution in [0, 0.1) is 0 Å². The number of carbonyl (C=O) groups excluding carboxylic acids is 1. The number of piperidine rings is 1. The molecule has 0 saturated carbocycles. The minimum absolute atomic E-state index is 0. The van der Waals surface area contributed by atoms with Crippen LogP contribution in [-0.2, 0) is 9.59 Å². The zero-order chi connectivity index (χ0) is 17.4. The molecule has 1 fully saturated rings. The number of hydrogen-bond acceptors (Lipinski definition) is 4. The number of amides is 1. The van der Waals surface area contributed by atoms with E-state index in [0.29, 0.717) is 6.04 Å². The van der Waals surface area contributed by atoms with Crippen molar-refractivity contribution in [1.82, 2.24) is 15.1 Å². The largest absolute Gasteiger partial charge is 0.480 e. The summed E-state index contributed by atoms with van der Waals surface area (Å²) < 4.78 is 0. The second-order valence-corrected chi connectivity index (χ2v) is 6.60. The first-order valence-electron chi connectivity index (χ1n) is 8.89. The van der Waals surface area contributed by atoms with Gasteiger partial charge in [0, 0.05) is 25.2 Å². The molecule has 0 radical (unpaired) electrons. The fourth-order valence-corrected chi connectivity index (χ4v) is 3.35. The summed E-state index contributed by atoms with van der Waals surface area (Å²) in [6, 6.07) is 0.407. The molecule has 0 aromatic heterocycles. The number of carboxylic acid groups (broad SMARTS) is 1. The highest BCUT2D eigenvalue weighted by molar-refractivity contribution is 5.85. The molecule has 0 spiro atoms. The Balaban J connectivity index is 0.00000529. The topological polar surface area (TPSA) is 72.9 Å². The van der Waals surface area contributed by atoms with E-state index < -0.39 is 5.97 Å². The Morgan fingerprint density at radius 1 is 1.25 bits per heavy atom. The van der Waals surface area contributed by atoms with E-state index in [1.807, 2.05) is 25.7 Å². The van der Waals surface area contributed by atoms with Crippen molar-refractivity contribution in [3.8, 4) is 0 Å². The summed E-state index contributed by atoms with van der Waals surface area (Å²) in [6.45, 7) is 10.7. The first kappa shape index (κ1) is 23.1. The lowest BCUT2D eigenvalue weighted by Gasteiger charge is -2.39. The molecule has 1 heterocycles. The van der Waals surface area contributed by atoms with Crippen molar-refractivity contribution in [2.75, 3.05) is 26.2 Å². The third-order valence-electron chi connectivity index (χ3n) is 4.80. The van der Waals surface area contributed by atoms with Gasteiger partial charge >= 0.3 is 5.97 Å². The van der Waals surface area contributed by atoms with Gasteiger partial charge in [0.2, 0.25) is 5.91 Å². The molecule has 0 aromatic carbocycles. The van der Waals surface area contributed by atoms with Crippen LogP contribution in [0.25, 0.3) is 0 Å². The van der Waals surface area contributed by atoms with Crippen molar-refractivity contribution in [2.24, 2.45) is 0 Å². The van der Waals surface area contributed by atoms with E-state index in [-0.39, 0.29) is 36.9 Å². The van der Waals surface area contributed by atoms with Crippen molar-refractivity contribution in [3.05, 3.63) is 0 Å². The van der Waals surface area contributed by atoms with Gasteiger partial charge in [-0.25, -0.2) is 0 Å². The molecule has 1 saturated heterocycles. The molecule has 1 aliphatic rings. The number of likely N-dealkylation sites (N-methyl/N-ethyl adjacent to an activating group) is 1. The van der Waals surface area contributed by atoms with Gasteiger partial charge < -0.3 is 10.4 Å². The lowest BCUT2D eigenvalue weighted by Crippen LogP contribution is -2.53. The highest BCUT2D eigenvalue weighted by Gasteiger charge is 2.29. The Morgan fingerprint density at radius 2 is 1.83 bits per heavy atom. The Hall–Kier alpha value is -0.850. The number of nitrogens with zero attached hydrogens (tertiary/aromatic N) is 2.